The number of nitrogens with one attached hydrogen (secondary N) is 3. The topological polar surface area (TPSA) is 117 Å². The van der Waals surface area contributed by atoms with Crippen LogP contribution in [0.1, 0.15) is 77.6 Å². The molecule has 1 aliphatic heterocycles. The molecule has 0 spiro atoms. The maximum absolute atomic E-state index is 13.5. The fourth-order valence-electron chi connectivity index (χ4n) is 4.56. The molecule has 0 unspecified atom stereocenters. The molecule has 3 rings (SSSR count). The molecule has 2 aliphatic carbocycles. The zero-order valence-corrected chi connectivity index (χ0v) is 19.2. The van der Waals surface area contributed by atoms with Crippen LogP contribution < -0.4 is 16.0 Å². The van der Waals surface area contributed by atoms with Crippen LogP contribution in [-0.2, 0) is 19.1 Å². The average molecular weight is 451 g/mol. The van der Waals surface area contributed by atoms with E-state index in [-0.39, 0.29) is 18.0 Å². The molecule has 4 amide bonds. The third-order valence-electron chi connectivity index (χ3n) is 6.92. The number of rotatable bonds is 9. The molecule has 0 aromatic heterocycles. The van der Waals surface area contributed by atoms with E-state index in [4.69, 9.17) is 4.74 Å². The van der Waals surface area contributed by atoms with Crippen molar-refractivity contribution in [2.45, 2.75) is 95.2 Å². The van der Waals surface area contributed by atoms with Crippen LogP contribution in [0.4, 0.5) is 4.79 Å². The van der Waals surface area contributed by atoms with Crippen LogP contribution in [0.5, 0.6) is 0 Å². The Balaban J connectivity index is 1.68. The van der Waals surface area contributed by atoms with Crippen molar-refractivity contribution in [2.75, 3.05) is 26.3 Å². The largest absolute Gasteiger partial charge is 0.378 e. The standard InChI is InChI=1S/C23H38N4O5/c1-2-3-10-18(19(28)20(29)24-17-8-7-9-17)25-21(30)23(11-5-4-6-12-23)26-22(31)27-13-15-32-16-14-27/h17-18H,2-16H2,1H3,(H,24,29)(H,25,30)(H,26,31)/t18-/m0/s1. The lowest BCUT2D eigenvalue weighted by atomic mass is 9.80. The molecule has 0 bridgehead atoms. The van der Waals surface area contributed by atoms with Gasteiger partial charge in [-0.25, -0.2) is 4.79 Å². The van der Waals surface area contributed by atoms with E-state index >= 15 is 0 Å². The summed E-state index contributed by atoms with van der Waals surface area (Å²) in [6, 6.07) is -1.09. The zero-order chi connectivity index (χ0) is 23.0. The van der Waals surface area contributed by atoms with Crippen molar-refractivity contribution in [3.05, 3.63) is 0 Å². The molecule has 180 valence electrons. The van der Waals surface area contributed by atoms with Gasteiger partial charge in [-0.05, 0) is 38.5 Å². The fourth-order valence-corrected chi connectivity index (χ4v) is 4.56. The molecule has 1 atom stereocenters. The van der Waals surface area contributed by atoms with Gasteiger partial charge in [0, 0.05) is 19.1 Å². The monoisotopic (exact) mass is 450 g/mol. The second kappa shape index (κ2) is 11.6. The molecule has 3 fully saturated rings. The number of ketones is 1. The van der Waals surface area contributed by atoms with Gasteiger partial charge in [0.25, 0.3) is 5.91 Å². The van der Waals surface area contributed by atoms with Crippen LogP contribution >= 0.6 is 0 Å². The predicted octanol–water partition coefficient (Wildman–Crippen LogP) is 1.64. The summed E-state index contributed by atoms with van der Waals surface area (Å²) in [5.41, 5.74) is -1.05. The number of Topliss-reactive ketones (excluding diaryl/α,β-unsaturated/α-hetero) is 1. The molecular weight excluding hydrogens is 412 g/mol. The number of carbonyl (C=O) groups excluding carboxylic acids is 4. The zero-order valence-electron chi connectivity index (χ0n) is 19.2. The predicted molar refractivity (Wildman–Crippen MR) is 119 cm³/mol. The van der Waals surface area contributed by atoms with Crippen molar-refractivity contribution >= 4 is 23.6 Å². The van der Waals surface area contributed by atoms with Crippen molar-refractivity contribution in [3.8, 4) is 0 Å². The number of ether oxygens (including phenoxy) is 1. The Bertz CT molecular complexity index is 682. The highest BCUT2D eigenvalue weighted by Crippen LogP contribution is 2.29. The summed E-state index contributed by atoms with van der Waals surface area (Å²) in [6.45, 7) is 3.95. The molecule has 9 heteroatoms. The number of unbranched alkanes of at least 4 members (excludes halogenated alkanes) is 1. The SMILES string of the molecule is CCCC[C@H](NC(=O)C1(NC(=O)N2CCOCC2)CCCCC1)C(=O)C(=O)NC1CCC1. The van der Waals surface area contributed by atoms with Gasteiger partial charge in [-0.2, -0.15) is 0 Å². The van der Waals surface area contributed by atoms with Crippen LogP contribution in [0.3, 0.4) is 0 Å². The summed E-state index contributed by atoms with van der Waals surface area (Å²) in [6.07, 6.45) is 8.53. The maximum Gasteiger partial charge on any atom is 0.318 e. The van der Waals surface area contributed by atoms with Gasteiger partial charge in [0.1, 0.15) is 5.54 Å². The average Bonchev–Trinajstić information content (AvgIpc) is 2.79. The summed E-state index contributed by atoms with van der Waals surface area (Å²) < 4.78 is 5.31. The Morgan fingerprint density at radius 1 is 1.03 bits per heavy atom. The van der Waals surface area contributed by atoms with E-state index in [1.165, 1.54) is 0 Å². The second-order valence-electron chi connectivity index (χ2n) is 9.31. The lowest BCUT2D eigenvalue weighted by Gasteiger charge is -2.39. The lowest BCUT2D eigenvalue weighted by molar-refractivity contribution is -0.141. The van der Waals surface area contributed by atoms with Crippen LogP contribution in [0.2, 0.25) is 0 Å². The number of carbonyl (C=O) groups is 4. The number of morpholine rings is 1. The van der Waals surface area contributed by atoms with Gasteiger partial charge in [-0.15, -0.1) is 0 Å². The van der Waals surface area contributed by atoms with Crippen molar-refractivity contribution in [2.24, 2.45) is 0 Å². The minimum absolute atomic E-state index is 0.0615. The smallest absolute Gasteiger partial charge is 0.318 e. The third kappa shape index (κ3) is 6.21. The Morgan fingerprint density at radius 2 is 1.72 bits per heavy atom. The quantitative estimate of drug-likeness (QED) is 0.462. The van der Waals surface area contributed by atoms with Crippen molar-refractivity contribution < 1.29 is 23.9 Å². The molecule has 0 aromatic carbocycles. The number of urea groups is 1. The lowest BCUT2D eigenvalue weighted by Crippen LogP contribution is -2.64. The van der Waals surface area contributed by atoms with E-state index < -0.39 is 23.3 Å². The number of amides is 4. The number of hydrogen-bond acceptors (Lipinski definition) is 5. The fraction of sp³-hybridized carbons (Fsp3) is 0.826. The highest BCUT2D eigenvalue weighted by molar-refractivity contribution is 6.38. The molecule has 0 radical (unpaired) electrons. The third-order valence-corrected chi connectivity index (χ3v) is 6.92. The molecule has 3 N–H and O–H groups in total. The van der Waals surface area contributed by atoms with Gasteiger partial charge in [-0.3, -0.25) is 14.4 Å². The number of hydrogen-bond donors (Lipinski definition) is 3. The van der Waals surface area contributed by atoms with E-state index in [9.17, 15) is 19.2 Å². The molecule has 32 heavy (non-hydrogen) atoms. The maximum atomic E-state index is 13.5. The summed E-state index contributed by atoms with van der Waals surface area (Å²) in [5.74, 6) is -1.57. The summed E-state index contributed by atoms with van der Waals surface area (Å²) in [7, 11) is 0. The molecule has 1 saturated heterocycles. The van der Waals surface area contributed by atoms with Gasteiger partial charge in [0.15, 0.2) is 0 Å². The Hall–Kier alpha value is -2.16. The van der Waals surface area contributed by atoms with Crippen molar-refractivity contribution in [1.29, 1.82) is 0 Å². The summed E-state index contributed by atoms with van der Waals surface area (Å²) in [5, 5.41) is 8.63. The van der Waals surface area contributed by atoms with E-state index in [0.717, 1.165) is 51.4 Å². The van der Waals surface area contributed by atoms with Crippen LogP contribution in [0, 0.1) is 0 Å². The molecule has 0 aromatic rings. The Labute approximate surface area is 190 Å². The Morgan fingerprint density at radius 3 is 2.31 bits per heavy atom. The summed E-state index contributed by atoms with van der Waals surface area (Å²) in [4.78, 5) is 53.4. The van der Waals surface area contributed by atoms with Gasteiger partial charge in [-0.1, -0.05) is 39.0 Å². The second-order valence-corrected chi connectivity index (χ2v) is 9.31. The Kier molecular flexibility index (Phi) is 8.90. The van der Waals surface area contributed by atoms with E-state index in [1.54, 1.807) is 4.90 Å². The van der Waals surface area contributed by atoms with E-state index in [0.29, 0.717) is 45.6 Å². The highest BCUT2D eigenvalue weighted by atomic mass is 16.5. The molecule has 3 aliphatic rings. The molecule has 9 nitrogen and oxygen atoms in total. The minimum Gasteiger partial charge on any atom is -0.378 e. The first-order valence-electron chi connectivity index (χ1n) is 12.3. The van der Waals surface area contributed by atoms with E-state index in [1.807, 2.05) is 6.92 Å². The minimum atomic E-state index is -1.05. The first-order chi connectivity index (χ1) is 15.4. The van der Waals surface area contributed by atoms with Gasteiger partial charge < -0.3 is 25.6 Å². The highest BCUT2D eigenvalue weighted by Gasteiger charge is 2.43. The molecular formula is C23H38N4O5. The molecule has 1 heterocycles. The van der Waals surface area contributed by atoms with Gasteiger partial charge in [0.2, 0.25) is 11.7 Å². The molecule has 2 saturated carbocycles. The van der Waals surface area contributed by atoms with Crippen LogP contribution in [0.25, 0.3) is 0 Å². The van der Waals surface area contributed by atoms with Crippen molar-refractivity contribution in [3.63, 3.8) is 0 Å². The normalized spacial score (nSPS) is 21.7. The number of nitrogens with zero attached hydrogens (tertiary/aromatic N) is 1. The van der Waals surface area contributed by atoms with Gasteiger partial charge in [0.05, 0.1) is 19.3 Å². The summed E-state index contributed by atoms with van der Waals surface area (Å²) >= 11 is 0. The van der Waals surface area contributed by atoms with Crippen LogP contribution in [-0.4, -0.2) is 72.5 Å². The van der Waals surface area contributed by atoms with Crippen molar-refractivity contribution in [1.82, 2.24) is 20.9 Å². The first-order valence-corrected chi connectivity index (χ1v) is 12.3. The van der Waals surface area contributed by atoms with Gasteiger partial charge >= 0.3 is 6.03 Å². The van der Waals surface area contributed by atoms with E-state index in [2.05, 4.69) is 16.0 Å². The first kappa shape index (κ1) is 24.5. The van der Waals surface area contributed by atoms with Crippen LogP contribution in [0.15, 0.2) is 0 Å².